The Morgan fingerprint density at radius 2 is 1.97 bits per heavy atom. The lowest BCUT2D eigenvalue weighted by Gasteiger charge is -2.33. The molecule has 1 aliphatic rings. The van der Waals surface area contributed by atoms with E-state index >= 15 is 0 Å². The molecule has 196 valence electrons. The third-order valence-electron chi connectivity index (χ3n) is 7.17. The van der Waals surface area contributed by atoms with Crippen LogP contribution in [0.3, 0.4) is 0 Å². The van der Waals surface area contributed by atoms with E-state index in [0.717, 1.165) is 35.4 Å². The van der Waals surface area contributed by atoms with Crippen LogP contribution in [0.1, 0.15) is 52.9 Å². The van der Waals surface area contributed by atoms with Gasteiger partial charge in [0.25, 0.3) is 0 Å². The number of nitrogens with one attached hydrogen (secondary N) is 1. The van der Waals surface area contributed by atoms with Crippen LogP contribution in [-0.2, 0) is 6.54 Å². The molecule has 11 nitrogen and oxygen atoms in total. The summed E-state index contributed by atoms with van der Waals surface area (Å²) in [5.41, 5.74) is 4.62. The smallest absolute Gasteiger partial charge is 0.245 e. The molecule has 1 aliphatic carbocycles. The first-order valence-electron chi connectivity index (χ1n) is 12.6. The summed E-state index contributed by atoms with van der Waals surface area (Å²) in [6.45, 7) is 2.39. The van der Waals surface area contributed by atoms with E-state index in [9.17, 15) is 0 Å². The van der Waals surface area contributed by atoms with Gasteiger partial charge in [-0.25, -0.2) is 19.9 Å². The van der Waals surface area contributed by atoms with Crippen molar-refractivity contribution in [3.05, 3.63) is 77.2 Å². The van der Waals surface area contributed by atoms with E-state index in [1.54, 1.807) is 37.2 Å². The van der Waals surface area contributed by atoms with Gasteiger partial charge in [-0.05, 0) is 49.4 Å². The molecule has 0 amide bonds. The number of nitriles is 1. The van der Waals surface area contributed by atoms with Crippen molar-refractivity contribution in [2.45, 2.75) is 38.1 Å². The number of fused-ring (bicyclic) bond motifs is 1. The molecule has 0 saturated heterocycles. The maximum atomic E-state index is 9.01. The molecule has 4 aromatic heterocycles. The topological polar surface area (TPSA) is 136 Å². The number of pyridine rings is 1. The highest BCUT2D eigenvalue weighted by atomic mass is 16.5. The Morgan fingerprint density at radius 3 is 2.67 bits per heavy atom. The Labute approximate surface area is 224 Å². The minimum atomic E-state index is 0.213. The Balaban J connectivity index is 1.31. The summed E-state index contributed by atoms with van der Waals surface area (Å²) in [6, 6.07) is 11.5. The number of aromatic nitrogens is 6. The molecule has 1 fully saturated rings. The van der Waals surface area contributed by atoms with Crippen LogP contribution in [0.4, 0.5) is 5.95 Å². The number of benzene rings is 1. The number of hydrogen-bond donors (Lipinski definition) is 1. The molecule has 1 aromatic carbocycles. The zero-order valence-corrected chi connectivity index (χ0v) is 21.8. The molecule has 0 aliphatic heterocycles. The van der Waals surface area contributed by atoms with Crippen molar-refractivity contribution in [3.8, 4) is 29.2 Å². The SMILES string of the molecule is COc1ccc(CNc2nc(-c3ncco3)c(C)c3nc([C@H]4C[C@H](c5ccc(C#N)nc5)C4)nn23)c(OC)c1. The molecular formula is C28H26N8O3. The minimum Gasteiger partial charge on any atom is -0.497 e. The maximum Gasteiger partial charge on any atom is 0.245 e. The van der Waals surface area contributed by atoms with Crippen LogP contribution in [0.5, 0.6) is 11.5 Å². The van der Waals surface area contributed by atoms with Gasteiger partial charge in [0, 0.05) is 35.9 Å². The van der Waals surface area contributed by atoms with Gasteiger partial charge in [-0.2, -0.15) is 9.78 Å². The van der Waals surface area contributed by atoms with Crippen molar-refractivity contribution in [1.29, 1.82) is 5.26 Å². The second-order valence-corrected chi connectivity index (χ2v) is 9.44. The fourth-order valence-electron chi connectivity index (χ4n) is 4.88. The quantitative estimate of drug-likeness (QED) is 0.307. The number of hydrogen-bond acceptors (Lipinski definition) is 10. The van der Waals surface area contributed by atoms with E-state index < -0.39 is 0 Å². The molecule has 11 heteroatoms. The normalized spacial score (nSPS) is 16.5. The summed E-state index contributed by atoms with van der Waals surface area (Å²) in [7, 11) is 3.25. The summed E-state index contributed by atoms with van der Waals surface area (Å²) in [5.74, 6) is 3.71. The molecule has 1 saturated carbocycles. The molecule has 4 heterocycles. The monoisotopic (exact) mass is 522 g/mol. The number of rotatable bonds is 8. The van der Waals surface area contributed by atoms with Crippen LogP contribution in [0.25, 0.3) is 17.2 Å². The van der Waals surface area contributed by atoms with Crippen molar-refractivity contribution in [1.82, 2.24) is 29.5 Å². The van der Waals surface area contributed by atoms with Crippen molar-refractivity contribution < 1.29 is 13.9 Å². The first-order chi connectivity index (χ1) is 19.1. The molecule has 5 aromatic rings. The zero-order valence-electron chi connectivity index (χ0n) is 21.8. The Kier molecular flexibility index (Phi) is 6.28. The van der Waals surface area contributed by atoms with Crippen molar-refractivity contribution in [2.24, 2.45) is 0 Å². The molecule has 0 atom stereocenters. The van der Waals surface area contributed by atoms with Crippen molar-refractivity contribution in [2.75, 3.05) is 19.5 Å². The number of oxazole rings is 1. The van der Waals surface area contributed by atoms with Gasteiger partial charge < -0.3 is 19.2 Å². The first kappa shape index (κ1) is 24.4. The average molecular weight is 523 g/mol. The molecular weight excluding hydrogens is 496 g/mol. The average Bonchev–Trinajstić information content (AvgIpc) is 3.63. The zero-order chi connectivity index (χ0) is 26.9. The van der Waals surface area contributed by atoms with Crippen LogP contribution in [0.2, 0.25) is 0 Å². The molecule has 0 radical (unpaired) electrons. The third-order valence-corrected chi connectivity index (χ3v) is 7.17. The second kappa shape index (κ2) is 10.1. The van der Waals surface area contributed by atoms with Crippen molar-refractivity contribution in [3.63, 3.8) is 0 Å². The Bertz CT molecular complexity index is 1670. The van der Waals surface area contributed by atoms with E-state index in [4.69, 9.17) is 34.2 Å². The molecule has 6 rings (SSSR count). The Morgan fingerprint density at radius 1 is 1.10 bits per heavy atom. The highest BCUT2D eigenvalue weighted by molar-refractivity contribution is 5.66. The highest BCUT2D eigenvalue weighted by Gasteiger charge is 2.35. The van der Waals surface area contributed by atoms with E-state index in [1.165, 1.54) is 6.26 Å². The molecule has 0 unspecified atom stereocenters. The predicted octanol–water partition coefficient (Wildman–Crippen LogP) is 4.64. The lowest BCUT2D eigenvalue weighted by Crippen LogP contribution is -2.21. The molecule has 39 heavy (non-hydrogen) atoms. The van der Waals surface area contributed by atoms with Gasteiger partial charge in [0.05, 0.1) is 20.4 Å². The van der Waals surface area contributed by atoms with Crippen molar-refractivity contribution >= 4 is 11.6 Å². The fraction of sp³-hybridized carbons (Fsp3) is 0.286. The highest BCUT2D eigenvalue weighted by Crippen LogP contribution is 2.46. The first-order valence-corrected chi connectivity index (χ1v) is 12.6. The number of ether oxygens (including phenoxy) is 2. The molecule has 1 N–H and O–H groups in total. The lowest BCUT2D eigenvalue weighted by atomic mass is 9.71. The van der Waals surface area contributed by atoms with Gasteiger partial charge in [0.1, 0.15) is 35.2 Å². The van der Waals surface area contributed by atoms with Gasteiger partial charge in [-0.15, -0.1) is 5.10 Å². The van der Waals surface area contributed by atoms with Crippen LogP contribution < -0.4 is 14.8 Å². The van der Waals surface area contributed by atoms with Crippen LogP contribution in [-0.4, -0.2) is 43.8 Å². The summed E-state index contributed by atoms with van der Waals surface area (Å²) in [4.78, 5) is 18.3. The van der Waals surface area contributed by atoms with Gasteiger partial charge in [-0.1, -0.05) is 6.07 Å². The standard InChI is InChI=1S/C28H26N8O3/c1-16-24(27-30-8-9-39-27)33-28(32-15-18-5-7-22(37-2)12-23(18)38-3)36-26(16)34-25(35-36)20-10-19(11-20)17-4-6-21(13-29)31-14-17/h4-9,12,14,19-20H,10-11,15H2,1-3H3,(H,32,33)/t19-,20-. The van der Waals surface area contributed by atoms with Gasteiger partial charge >= 0.3 is 0 Å². The summed E-state index contributed by atoms with van der Waals surface area (Å²) < 4.78 is 18.2. The maximum absolute atomic E-state index is 9.01. The molecule has 0 spiro atoms. The second-order valence-electron chi connectivity index (χ2n) is 9.44. The number of nitrogens with zero attached hydrogens (tertiary/aromatic N) is 7. The van der Waals surface area contributed by atoms with E-state index in [1.807, 2.05) is 31.2 Å². The van der Waals surface area contributed by atoms with E-state index in [2.05, 4.69) is 21.4 Å². The van der Waals surface area contributed by atoms with E-state index in [0.29, 0.717) is 52.8 Å². The van der Waals surface area contributed by atoms with Crippen LogP contribution in [0.15, 0.2) is 53.4 Å². The summed E-state index contributed by atoms with van der Waals surface area (Å²) >= 11 is 0. The fourth-order valence-corrected chi connectivity index (χ4v) is 4.88. The number of aryl methyl sites for hydroxylation is 1. The van der Waals surface area contributed by atoms with E-state index in [-0.39, 0.29) is 5.92 Å². The van der Waals surface area contributed by atoms with Gasteiger partial charge in [-0.3, -0.25) is 0 Å². The number of methoxy groups -OCH3 is 2. The summed E-state index contributed by atoms with van der Waals surface area (Å²) in [6.07, 6.45) is 6.74. The lowest BCUT2D eigenvalue weighted by molar-refractivity contribution is 0.337. The van der Waals surface area contributed by atoms with Gasteiger partial charge in [0.15, 0.2) is 11.5 Å². The number of anilines is 1. The molecule has 0 bridgehead atoms. The van der Waals surface area contributed by atoms with Crippen LogP contribution >= 0.6 is 0 Å². The summed E-state index contributed by atoms with van der Waals surface area (Å²) in [5, 5.41) is 17.3. The largest absolute Gasteiger partial charge is 0.497 e. The predicted molar refractivity (Wildman–Crippen MR) is 142 cm³/mol. The van der Waals surface area contributed by atoms with Crippen LogP contribution in [0, 0.1) is 18.3 Å². The Hall–Kier alpha value is -4.98. The third kappa shape index (κ3) is 4.50. The van der Waals surface area contributed by atoms with Gasteiger partial charge in [0.2, 0.25) is 11.8 Å². The minimum absolute atomic E-state index is 0.213.